The minimum atomic E-state index is -0.303. The molecule has 2 aromatic rings. The lowest BCUT2D eigenvalue weighted by atomic mass is 10.1. The Morgan fingerprint density at radius 1 is 1.14 bits per heavy atom. The van der Waals surface area contributed by atoms with Gasteiger partial charge in [0.1, 0.15) is 0 Å². The topological polar surface area (TPSA) is 46.2 Å². The summed E-state index contributed by atoms with van der Waals surface area (Å²) in [7, 11) is 0. The third kappa shape index (κ3) is 4.15. The number of carbonyl (C=O) groups excluding carboxylic acids is 1. The fourth-order valence-electron chi connectivity index (χ4n) is 1.96. The summed E-state index contributed by atoms with van der Waals surface area (Å²) in [5.41, 5.74) is 1.22. The zero-order valence-corrected chi connectivity index (χ0v) is 13.8. The molecule has 0 fully saturated rings. The van der Waals surface area contributed by atoms with Crippen LogP contribution >= 0.6 is 15.9 Å². The van der Waals surface area contributed by atoms with Crippen LogP contribution in [0.3, 0.4) is 0 Å². The predicted molar refractivity (Wildman–Crippen MR) is 94.4 cm³/mol. The molecule has 2 rings (SSSR count). The van der Waals surface area contributed by atoms with E-state index in [1.807, 2.05) is 31.2 Å². The van der Waals surface area contributed by atoms with Gasteiger partial charge in [0.15, 0.2) is 5.78 Å². The first-order valence-electron chi connectivity index (χ1n) is 6.97. The second-order valence-electron chi connectivity index (χ2n) is 4.65. The molecule has 22 heavy (non-hydrogen) atoms. The molecule has 112 valence electrons. The fourth-order valence-corrected chi connectivity index (χ4v) is 2.22. The number of hydrogen-bond acceptors (Lipinski definition) is 3. The van der Waals surface area contributed by atoms with Crippen molar-refractivity contribution in [3.05, 3.63) is 80.4 Å². The number of rotatable bonds is 5. The van der Waals surface area contributed by atoms with E-state index in [1.165, 1.54) is 6.08 Å². The Morgan fingerprint density at radius 3 is 2.50 bits per heavy atom. The normalized spacial score (nSPS) is 10.6. The van der Waals surface area contributed by atoms with Crippen LogP contribution in [-0.4, -0.2) is 12.3 Å². The van der Waals surface area contributed by atoms with Crippen LogP contribution in [0.4, 0.5) is 5.69 Å². The van der Waals surface area contributed by atoms with E-state index >= 15 is 0 Å². The van der Waals surface area contributed by atoms with E-state index in [1.54, 1.807) is 30.3 Å². The molecule has 3 nitrogen and oxygen atoms in total. The standard InChI is InChI=1S/C18H16BrNO2/c1-2-20-16-6-4-3-5-15(18(16)22)17(21)12-9-13-7-10-14(19)11-8-13/h3-12H,2H2,1H3,(H,20,22)/b12-9+. The van der Waals surface area contributed by atoms with Gasteiger partial charge in [0.05, 0.1) is 11.3 Å². The van der Waals surface area contributed by atoms with E-state index in [-0.39, 0.29) is 16.8 Å². The van der Waals surface area contributed by atoms with Gasteiger partial charge in [0.25, 0.3) is 0 Å². The Bertz CT molecular complexity index is 752. The van der Waals surface area contributed by atoms with E-state index in [2.05, 4.69) is 21.2 Å². The number of anilines is 1. The van der Waals surface area contributed by atoms with Crippen LogP contribution in [0.1, 0.15) is 22.8 Å². The molecule has 0 saturated carbocycles. The van der Waals surface area contributed by atoms with Gasteiger partial charge in [0.2, 0.25) is 5.43 Å². The fraction of sp³-hybridized carbons (Fsp3) is 0.111. The summed E-state index contributed by atoms with van der Waals surface area (Å²) in [6.07, 6.45) is 3.13. The molecule has 0 aliphatic rings. The van der Waals surface area contributed by atoms with Crippen molar-refractivity contribution in [2.75, 3.05) is 11.9 Å². The summed E-state index contributed by atoms with van der Waals surface area (Å²) in [5, 5.41) is 2.98. The molecular formula is C18H16BrNO2. The van der Waals surface area contributed by atoms with Gasteiger partial charge in [-0.2, -0.15) is 0 Å². The maximum atomic E-state index is 12.3. The van der Waals surface area contributed by atoms with Crippen molar-refractivity contribution in [2.24, 2.45) is 0 Å². The first kappa shape index (κ1) is 16.2. The maximum absolute atomic E-state index is 12.3. The molecule has 4 heteroatoms. The van der Waals surface area contributed by atoms with Crippen molar-refractivity contribution in [1.29, 1.82) is 0 Å². The van der Waals surface area contributed by atoms with Crippen molar-refractivity contribution in [3.8, 4) is 0 Å². The highest BCUT2D eigenvalue weighted by Gasteiger charge is 2.08. The minimum Gasteiger partial charge on any atom is -0.382 e. The van der Waals surface area contributed by atoms with Crippen LogP contribution in [0.5, 0.6) is 0 Å². The molecule has 0 aliphatic heterocycles. The van der Waals surface area contributed by atoms with Gasteiger partial charge >= 0.3 is 0 Å². The van der Waals surface area contributed by atoms with Crippen LogP contribution in [0.2, 0.25) is 0 Å². The Balaban J connectivity index is 2.30. The van der Waals surface area contributed by atoms with E-state index in [0.717, 1.165) is 10.0 Å². The van der Waals surface area contributed by atoms with Crippen molar-refractivity contribution in [2.45, 2.75) is 6.92 Å². The van der Waals surface area contributed by atoms with Crippen molar-refractivity contribution >= 4 is 33.5 Å². The molecule has 0 aliphatic carbocycles. The number of halogens is 1. The lowest BCUT2D eigenvalue weighted by Crippen LogP contribution is -2.15. The zero-order valence-electron chi connectivity index (χ0n) is 12.2. The largest absolute Gasteiger partial charge is 0.382 e. The van der Waals surface area contributed by atoms with Gasteiger partial charge in [-0.05, 0) is 42.8 Å². The van der Waals surface area contributed by atoms with E-state index in [9.17, 15) is 9.59 Å². The maximum Gasteiger partial charge on any atom is 0.212 e. The third-order valence-electron chi connectivity index (χ3n) is 3.06. The van der Waals surface area contributed by atoms with Gasteiger partial charge in [-0.1, -0.05) is 46.3 Å². The second kappa shape index (κ2) is 7.71. The molecule has 2 aromatic carbocycles. The lowest BCUT2D eigenvalue weighted by molar-refractivity contribution is 0.104. The Hall–Kier alpha value is -2.20. The van der Waals surface area contributed by atoms with Crippen molar-refractivity contribution in [1.82, 2.24) is 0 Å². The molecule has 0 atom stereocenters. The highest BCUT2D eigenvalue weighted by Crippen LogP contribution is 2.12. The van der Waals surface area contributed by atoms with E-state index in [0.29, 0.717) is 12.2 Å². The van der Waals surface area contributed by atoms with Gasteiger partial charge in [-0.15, -0.1) is 0 Å². The van der Waals surface area contributed by atoms with E-state index < -0.39 is 0 Å². The number of nitrogens with one attached hydrogen (secondary N) is 1. The molecule has 0 bridgehead atoms. The van der Waals surface area contributed by atoms with Gasteiger partial charge in [-0.3, -0.25) is 9.59 Å². The van der Waals surface area contributed by atoms with Crippen LogP contribution in [-0.2, 0) is 0 Å². The smallest absolute Gasteiger partial charge is 0.212 e. The summed E-state index contributed by atoms with van der Waals surface area (Å²) in [6, 6.07) is 14.3. The molecule has 0 spiro atoms. The molecule has 0 aromatic heterocycles. The summed E-state index contributed by atoms with van der Waals surface area (Å²) in [6.45, 7) is 2.53. The van der Waals surface area contributed by atoms with Gasteiger partial charge in [0, 0.05) is 11.0 Å². The Labute approximate surface area is 137 Å². The first-order valence-corrected chi connectivity index (χ1v) is 7.76. The van der Waals surface area contributed by atoms with Crippen LogP contribution in [0, 0.1) is 0 Å². The summed E-state index contributed by atoms with van der Waals surface area (Å²) < 4.78 is 0.975. The predicted octanol–water partition coefficient (Wildman–Crippen LogP) is 4.14. The zero-order chi connectivity index (χ0) is 15.9. The van der Waals surface area contributed by atoms with E-state index in [4.69, 9.17) is 0 Å². The van der Waals surface area contributed by atoms with Crippen molar-refractivity contribution in [3.63, 3.8) is 0 Å². The summed E-state index contributed by atoms with van der Waals surface area (Å²) in [5.74, 6) is -0.303. The van der Waals surface area contributed by atoms with Gasteiger partial charge < -0.3 is 5.32 Å². The Morgan fingerprint density at radius 2 is 1.82 bits per heavy atom. The molecule has 0 unspecified atom stereocenters. The highest BCUT2D eigenvalue weighted by atomic mass is 79.9. The number of allylic oxidation sites excluding steroid dienone is 1. The quantitative estimate of drug-likeness (QED) is 0.646. The lowest BCUT2D eigenvalue weighted by Gasteiger charge is -1.99. The average molecular weight is 358 g/mol. The second-order valence-corrected chi connectivity index (χ2v) is 5.57. The molecule has 1 N–H and O–H groups in total. The number of carbonyl (C=O) groups is 1. The number of hydrogen-bond donors (Lipinski definition) is 1. The SMILES string of the molecule is CCNc1ccccc(C(=O)/C=C/c2ccc(Br)cc2)c1=O. The number of benzene rings is 1. The molecule has 0 saturated heterocycles. The van der Waals surface area contributed by atoms with Crippen LogP contribution < -0.4 is 10.7 Å². The molecule has 0 amide bonds. The third-order valence-corrected chi connectivity index (χ3v) is 3.58. The molecule has 0 heterocycles. The average Bonchev–Trinajstić information content (AvgIpc) is 2.69. The molecular weight excluding hydrogens is 342 g/mol. The minimum absolute atomic E-state index is 0.161. The summed E-state index contributed by atoms with van der Waals surface area (Å²) in [4.78, 5) is 24.6. The van der Waals surface area contributed by atoms with Crippen LogP contribution in [0.15, 0.2) is 63.9 Å². The molecule has 0 radical (unpaired) electrons. The van der Waals surface area contributed by atoms with Crippen molar-refractivity contribution < 1.29 is 4.79 Å². The Kier molecular flexibility index (Phi) is 5.67. The first-order chi connectivity index (χ1) is 10.6. The van der Waals surface area contributed by atoms with Gasteiger partial charge in [-0.25, -0.2) is 0 Å². The highest BCUT2D eigenvalue weighted by molar-refractivity contribution is 9.10. The monoisotopic (exact) mass is 357 g/mol. The number of ketones is 1. The van der Waals surface area contributed by atoms with Crippen LogP contribution in [0.25, 0.3) is 6.08 Å². The summed E-state index contributed by atoms with van der Waals surface area (Å²) >= 11 is 3.36.